The summed E-state index contributed by atoms with van der Waals surface area (Å²) in [6.45, 7) is 6.26. The van der Waals surface area contributed by atoms with E-state index in [9.17, 15) is 42.7 Å². The largest absolute Gasteiger partial charge is 0.431 e. The molecule has 0 radical (unpaired) electrons. The van der Waals surface area contributed by atoms with Crippen molar-refractivity contribution < 1.29 is 47.2 Å². The van der Waals surface area contributed by atoms with Gasteiger partial charge in [0.1, 0.15) is 29.8 Å². The number of aromatic amines is 1. The summed E-state index contributed by atoms with van der Waals surface area (Å²) in [4.78, 5) is 28.9. The molecular formula is C23H32F3N2O8P. The van der Waals surface area contributed by atoms with Gasteiger partial charge >= 0.3 is 13.8 Å². The number of alkyl halides is 3. The molecule has 208 valence electrons. The zero-order valence-corrected chi connectivity index (χ0v) is 21.7. The van der Waals surface area contributed by atoms with Crippen molar-refractivity contribution >= 4 is 7.60 Å². The first-order valence-electron chi connectivity index (χ1n) is 11.9. The van der Waals surface area contributed by atoms with Gasteiger partial charge in [0.25, 0.3) is 5.56 Å². The number of ether oxygens (including phenoxy) is 1. The van der Waals surface area contributed by atoms with Crippen molar-refractivity contribution in [2.75, 3.05) is 0 Å². The number of nitrogens with one attached hydrogen (secondary N) is 1. The summed E-state index contributed by atoms with van der Waals surface area (Å²) in [7, 11) is -4.56. The highest BCUT2D eigenvalue weighted by molar-refractivity contribution is 7.54. The lowest BCUT2D eigenvalue weighted by Crippen LogP contribution is -2.40. The standard InChI is InChI=1S/C23H32F3N2O8P/c1-5-21(4,36-37(33,34)22(32,6-2)7-3)11-14-16(29)17(30)18(35-14)13-10-12-8-9-15(23(24,25)26)27-19(12)28-20(13)31/h8-10,14,16-18,29-30,32H,5-7,11H2,1-4H3,(H,33,34)(H,27,28,31)/t14-,16?,17+,18+,21?/m1/s1. The summed E-state index contributed by atoms with van der Waals surface area (Å²) in [6, 6.07) is 3.13. The molecule has 3 heterocycles. The smallest absolute Gasteiger partial charge is 0.388 e. The molecule has 3 aliphatic rings. The molecule has 0 aromatic heterocycles. The monoisotopic (exact) mass is 552 g/mol. The summed E-state index contributed by atoms with van der Waals surface area (Å²) in [5, 5.41) is 29.9. The van der Waals surface area contributed by atoms with Crippen molar-refractivity contribution in [3.05, 3.63) is 39.8 Å². The molecule has 0 saturated carbocycles. The fourth-order valence-corrected chi connectivity index (χ4v) is 6.12. The van der Waals surface area contributed by atoms with Crippen LogP contribution >= 0.6 is 7.60 Å². The van der Waals surface area contributed by atoms with Gasteiger partial charge < -0.3 is 34.5 Å². The molecule has 5 N–H and O–H groups in total. The van der Waals surface area contributed by atoms with E-state index in [-0.39, 0.29) is 42.6 Å². The van der Waals surface area contributed by atoms with Crippen LogP contribution in [0.25, 0.3) is 11.4 Å². The van der Waals surface area contributed by atoms with E-state index in [2.05, 4.69) is 9.97 Å². The highest BCUT2D eigenvalue weighted by atomic mass is 31.2. The number of halogens is 3. The van der Waals surface area contributed by atoms with E-state index in [1.807, 2.05) is 0 Å². The molecule has 37 heavy (non-hydrogen) atoms. The Morgan fingerprint density at radius 3 is 2.30 bits per heavy atom. The molecular weight excluding hydrogens is 520 g/mol. The van der Waals surface area contributed by atoms with Gasteiger partial charge in [-0.3, -0.25) is 9.36 Å². The van der Waals surface area contributed by atoms with E-state index in [1.165, 1.54) is 13.0 Å². The molecule has 0 bridgehead atoms. The third kappa shape index (κ3) is 5.78. The van der Waals surface area contributed by atoms with Crippen molar-refractivity contribution in [3.8, 4) is 11.4 Å². The summed E-state index contributed by atoms with van der Waals surface area (Å²) in [5.74, 6) is -0.307. The number of fused-ring (bicyclic) bond motifs is 1. The number of rotatable bonds is 9. The van der Waals surface area contributed by atoms with Crippen molar-refractivity contribution in [3.63, 3.8) is 0 Å². The van der Waals surface area contributed by atoms with Gasteiger partial charge in [0.15, 0.2) is 5.34 Å². The number of hydrogen-bond acceptors (Lipinski definition) is 8. The molecule has 14 heteroatoms. The molecule has 6 atom stereocenters. The second kappa shape index (κ2) is 10.4. The lowest BCUT2D eigenvalue weighted by atomic mass is 9.92. The fourth-order valence-electron chi connectivity index (χ4n) is 4.35. The SMILES string of the molecule is CCC(C)(C[C@H]1O[C@@H](c2cc3ccc(C(F)(F)F)[nH]c-3nc2=O)[C@@H](O)C1O)OP(=O)(O)C(O)(CC)CC. The third-order valence-electron chi connectivity index (χ3n) is 7.09. The quantitative estimate of drug-likeness (QED) is 0.294. The Morgan fingerprint density at radius 1 is 1.14 bits per heavy atom. The Labute approximate surface area is 211 Å². The second-order valence-corrected chi connectivity index (χ2v) is 11.6. The van der Waals surface area contributed by atoms with E-state index in [1.54, 1.807) is 20.8 Å². The first kappa shape index (κ1) is 29.7. The lowest BCUT2D eigenvalue weighted by Gasteiger charge is -2.38. The number of aromatic nitrogens is 2. The Balaban J connectivity index is 1.88. The highest BCUT2D eigenvalue weighted by Gasteiger charge is 2.52. The van der Waals surface area contributed by atoms with Crippen LogP contribution in [-0.4, -0.2) is 59.4 Å². The van der Waals surface area contributed by atoms with Crippen molar-refractivity contribution in [1.29, 1.82) is 0 Å². The molecule has 0 aromatic rings. The van der Waals surface area contributed by atoms with Gasteiger partial charge in [0.05, 0.1) is 17.3 Å². The van der Waals surface area contributed by atoms with E-state index >= 15 is 0 Å². The van der Waals surface area contributed by atoms with Crippen LogP contribution in [-0.2, 0) is 20.0 Å². The van der Waals surface area contributed by atoms with Gasteiger partial charge in [0.2, 0.25) is 0 Å². The molecule has 0 spiro atoms. The fraction of sp³-hybridized carbons (Fsp3) is 0.652. The Bertz CT molecular complexity index is 1190. The third-order valence-corrected chi connectivity index (χ3v) is 9.46. The molecule has 3 rings (SSSR count). The Kier molecular flexibility index (Phi) is 8.32. The maximum atomic E-state index is 13.0. The molecule has 3 aliphatic heterocycles. The predicted molar refractivity (Wildman–Crippen MR) is 126 cm³/mol. The number of H-pyrrole nitrogens is 1. The molecule has 0 aliphatic carbocycles. The van der Waals surface area contributed by atoms with Gasteiger partial charge in [-0.1, -0.05) is 20.8 Å². The van der Waals surface area contributed by atoms with Crippen LogP contribution < -0.4 is 5.56 Å². The second-order valence-electron chi connectivity index (χ2n) is 9.58. The van der Waals surface area contributed by atoms with Gasteiger partial charge in [-0.05, 0) is 44.4 Å². The van der Waals surface area contributed by atoms with E-state index in [0.29, 0.717) is 0 Å². The molecule has 0 amide bonds. The van der Waals surface area contributed by atoms with Crippen LogP contribution in [0.3, 0.4) is 0 Å². The van der Waals surface area contributed by atoms with Crippen LogP contribution in [0.15, 0.2) is 23.0 Å². The summed E-state index contributed by atoms with van der Waals surface area (Å²) in [6.07, 6.45) is -10.4. The zero-order chi connectivity index (χ0) is 28.0. The molecule has 1 fully saturated rings. The van der Waals surface area contributed by atoms with E-state index in [0.717, 1.165) is 12.1 Å². The van der Waals surface area contributed by atoms with Gasteiger partial charge in [-0.2, -0.15) is 18.2 Å². The number of hydrogen-bond donors (Lipinski definition) is 5. The minimum atomic E-state index is -4.67. The number of aliphatic hydroxyl groups is 3. The maximum absolute atomic E-state index is 13.0. The first-order chi connectivity index (χ1) is 17.0. The number of nitrogens with zero attached hydrogens (tertiary/aromatic N) is 1. The van der Waals surface area contributed by atoms with Crippen LogP contribution in [0.5, 0.6) is 0 Å². The maximum Gasteiger partial charge on any atom is 0.431 e. The number of aliphatic hydroxyl groups excluding tert-OH is 2. The summed E-state index contributed by atoms with van der Waals surface area (Å²) in [5.41, 5.74) is -3.44. The van der Waals surface area contributed by atoms with Gasteiger partial charge in [-0.15, -0.1) is 0 Å². The summed E-state index contributed by atoms with van der Waals surface area (Å²) >= 11 is 0. The van der Waals surface area contributed by atoms with E-state index in [4.69, 9.17) is 9.26 Å². The molecule has 1 saturated heterocycles. The Morgan fingerprint density at radius 2 is 1.76 bits per heavy atom. The minimum Gasteiger partial charge on any atom is -0.388 e. The van der Waals surface area contributed by atoms with Crippen molar-refractivity contribution in [2.24, 2.45) is 0 Å². The average Bonchev–Trinajstić information content (AvgIpc) is 3.09. The normalized spacial score (nSPS) is 26.2. The highest BCUT2D eigenvalue weighted by Crippen LogP contribution is 2.60. The first-order valence-corrected chi connectivity index (χ1v) is 13.5. The molecule has 0 aromatic carbocycles. The molecule has 3 unspecified atom stereocenters. The van der Waals surface area contributed by atoms with Crippen LogP contribution in [0.4, 0.5) is 13.2 Å². The van der Waals surface area contributed by atoms with Crippen molar-refractivity contribution in [2.45, 2.75) is 94.9 Å². The average molecular weight is 552 g/mol. The van der Waals surface area contributed by atoms with Crippen molar-refractivity contribution in [1.82, 2.24) is 9.97 Å². The predicted octanol–water partition coefficient (Wildman–Crippen LogP) is 3.32. The Hall–Kier alpha value is -1.86. The number of pyridine rings is 2. The van der Waals surface area contributed by atoms with Crippen LogP contribution in [0.2, 0.25) is 0 Å². The lowest BCUT2D eigenvalue weighted by molar-refractivity contribution is -0.141. The van der Waals surface area contributed by atoms with Gasteiger partial charge in [0, 0.05) is 12.0 Å². The van der Waals surface area contributed by atoms with Crippen LogP contribution in [0.1, 0.15) is 70.7 Å². The minimum absolute atomic E-state index is 0.0381. The van der Waals surface area contributed by atoms with E-state index < -0.39 is 60.4 Å². The van der Waals surface area contributed by atoms with Gasteiger partial charge in [-0.25, -0.2) is 0 Å². The molecule has 10 nitrogen and oxygen atoms in total. The topological polar surface area (TPSA) is 162 Å². The van der Waals surface area contributed by atoms with Crippen LogP contribution in [0, 0.1) is 0 Å². The summed E-state index contributed by atoms with van der Waals surface area (Å²) < 4.78 is 63.2. The zero-order valence-electron chi connectivity index (χ0n) is 20.8.